The number of urea groups is 1. The smallest absolute Gasteiger partial charge is 0.323 e. The van der Waals surface area contributed by atoms with Crippen LogP contribution in [0.25, 0.3) is 0 Å². The number of carboxylic acids is 1. The van der Waals surface area contributed by atoms with E-state index in [1.165, 1.54) is 4.90 Å². The minimum atomic E-state index is -1.07. The summed E-state index contributed by atoms with van der Waals surface area (Å²) in [5.74, 6) is -1.19. The Morgan fingerprint density at radius 3 is 2.26 bits per heavy atom. The number of rotatable bonds is 8. The average molecular weight is 273 g/mol. The van der Waals surface area contributed by atoms with E-state index in [0.717, 1.165) is 6.42 Å². The van der Waals surface area contributed by atoms with Crippen LogP contribution in [0.2, 0.25) is 0 Å². The predicted molar refractivity (Wildman–Crippen MR) is 70.8 cm³/mol. The van der Waals surface area contributed by atoms with E-state index in [0.29, 0.717) is 6.54 Å². The van der Waals surface area contributed by atoms with Crippen molar-refractivity contribution in [3.05, 3.63) is 0 Å². The molecule has 7 nitrogen and oxygen atoms in total. The molecule has 0 aromatic carbocycles. The molecule has 0 heterocycles. The molecule has 0 radical (unpaired) electrons. The molecule has 3 amide bonds. The number of carbonyl (C=O) groups excluding carboxylic acids is 2. The molecule has 0 aliphatic carbocycles. The van der Waals surface area contributed by atoms with E-state index < -0.39 is 12.0 Å². The summed E-state index contributed by atoms with van der Waals surface area (Å²) in [6.45, 7) is 5.87. The topological polar surface area (TPSA) is 98.7 Å². The number of carboxylic acid groups (broad SMARTS) is 1. The largest absolute Gasteiger partial charge is 0.480 e. The predicted octanol–water partition coefficient (Wildman–Crippen LogP) is 0.407. The number of nitrogens with zero attached hydrogens (tertiary/aromatic N) is 1. The van der Waals surface area contributed by atoms with Crippen LogP contribution >= 0.6 is 0 Å². The maximum Gasteiger partial charge on any atom is 0.323 e. The van der Waals surface area contributed by atoms with Crippen molar-refractivity contribution in [2.24, 2.45) is 0 Å². The Kier molecular flexibility index (Phi) is 8.32. The molecule has 7 heteroatoms. The minimum Gasteiger partial charge on any atom is -0.480 e. The summed E-state index contributed by atoms with van der Waals surface area (Å²) in [5, 5.41) is 13.9. The molecule has 0 aromatic rings. The molecule has 0 aliphatic rings. The third-order valence-corrected chi connectivity index (χ3v) is 2.39. The summed E-state index contributed by atoms with van der Waals surface area (Å²) in [4.78, 5) is 34.9. The molecule has 0 spiro atoms. The van der Waals surface area contributed by atoms with Crippen molar-refractivity contribution in [1.29, 1.82) is 0 Å². The fourth-order valence-electron chi connectivity index (χ4n) is 1.37. The summed E-state index contributed by atoms with van der Waals surface area (Å²) in [5.41, 5.74) is 0. The zero-order chi connectivity index (χ0) is 14.8. The number of amides is 3. The Hall–Kier alpha value is -1.79. The number of hydrogen-bond donors (Lipinski definition) is 3. The summed E-state index contributed by atoms with van der Waals surface area (Å²) in [6, 6.07) is -0.689. The molecule has 0 aliphatic heterocycles. The van der Waals surface area contributed by atoms with Gasteiger partial charge < -0.3 is 20.6 Å². The Bertz CT molecular complexity index is 318. The number of hydrogen-bond acceptors (Lipinski definition) is 3. The van der Waals surface area contributed by atoms with Crippen LogP contribution in [0.5, 0.6) is 0 Å². The lowest BCUT2D eigenvalue weighted by Gasteiger charge is -2.25. The van der Waals surface area contributed by atoms with E-state index in [-0.39, 0.29) is 31.5 Å². The molecule has 0 atom stereocenters. The highest BCUT2D eigenvalue weighted by molar-refractivity contribution is 5.81. The molecule has 0 aromatic heterocycles. The van der Waals surface area contributed by atoms with Crippen LogP contribution in [0.3, 0.4) is 0 Å². The zero-order valence-electron chi connectivity index (χ0n) is 11.7. The van der Waals surface area contributed by atoms with Gasteiger partial charge in [-0.15, -0.1) is 0 Å². The van der Waals surface area contributed by atoms with Crippen molar-refractivity contribution >= 4 is 17.9 Å². The lowest BCUT2D eigenvalue weighted by atomic mass is 10.3. The Morgan fingerprint density at radius 1 is 1.16 bits per heavy atom. The summed E-state index contributed by atoms with van der Waals surface area (Å²) >= 11 is 0. The van der Waals surface area contributed by atoms with Crippen LogP contribution < -0.4 is 10.6 Å². The number of carbonyl (C=O) groups is 3. The number of nitrogens with one attached hydrogen (secondary N) is 2. The monoisotopic (exact) mass is 273 g/mol. The Morgan fingerprint density at radius 2 is 1.79 bits per heavy atom. The first kappa shape index (κ1) is 17.2. The molecular formula is C12H23N3O4. The first-order valence-electron chi connectivity index (χ1n) is 6.41. The summed E-state index contributed by atoms with van der Waals surface area (Å²) in [6.07, 6.45) is 1.04. The van der Waals surface area contributed by atoms with E-state index in [1.807, 2.05) is 6.92 Å². The minimum absolute atomic E-state index is 0.128. The quantitative estimate of drug-likeness (QED) is 0.596. The number of aliphatic carboxylic acids is 1. The second-order valence-electron chi connectivity index (χ2n) is 4.45. The zero-order valence-corrected chi connectivity index (χ0v) is 11.7. The van der Waals surface area contributed by atoms with Crippen molar-refractivity contribution in [3.63, 3.8) is 0 Å². The first-order valence-corrected chi connectivity index (χ1v) is 6.41. The van der Waals surface area contributed by atoms with Crippen molar-refractivity contribution < 1.29 is 19.5 Å². The van der Waals surface area contributed by atoms with Gasteiger partial charge in [-0.25, -0.2) is 4.79 Å². The Labute approximate surface area is 113 Å². The van der Waals surface area contributed by atoms with E-state index in [9.17, 15) is 14.4 Å². The fraction of sp³-hybridized carbons (Fsp3) is 0.750. The van der Waals surface area contributed by atoms with Gasteiger partial charge in [0.2, 0.25) is 5.91 Å². The SMILES string of the molecule is CCCNC(=O)CCNC(=O)N(CC(=O)O)C(C)C. The highest BCUT2D eigenvalue weighted by Gasteiger charge is 2.19. The van der Waals surface area contributed by atoms with Gasteiger partial charge in [0, 0.05) is 25.6 Å². The van der Waals surface area contributed by atoms with Crippen molar-refractivity contribution in [3.8, 4) is 0 Å². The third kappa shape index (κ3) is 8.01. The van der Waals surface area contributed by atoms with Gasteiger partial charge in [0.1, 0.15) is 6.54 Å². The van der Waals surface area contributed by atoms with E-state index in [2.05, 4.69) is 10.6 Å². The van der Waals surface area contributed by atoms with Crippen LogP contribution in [-0.2, 0) is 9.59 Å². The molecule has 3 N–H and O–H groups in total. The molecule has 0 rings (SSSR count). The first-order chi connectivity index (χ1) is 8.88. The van der Waals surface area contributed by atoms with Gasteiger partial charge >= 0.3 is 12.0 Å². The molecule has 0 saturated carbocycles. The van der Waals surface area contributed by atoms with Gasteiger partial charge in [-0.1, -0.05) is 6.92 Å². The van der Waals surface area contributed by atoms with E-state index >= 15 is 0 Å². The normalized spacial score (nSPS) is 10.1. The molecule has 19 heavy (non-hydrogen) atoms. The molecule has 110 valence electrons. The highest BCUT2D eigenvalue weighted by atomic mass is 16.4. The van der Waals surface area contributed by atoms with Crippen LogP contribution in [0.4, 0.5) is 4.79 Å². The van der Waals surface area contributed by atoms with Crippen LogP contribution in [0.15, 0.2) is 0 Å². The summed E-state index contributed by atoms with van der Waals surface area (Å²) < 4.78 is 0. The molecule has 0 unspecified atom stereocenters. The second-order valence-corrected chi connectivity index (χ2v) is 4.45. The van der Waals surface area contributed by atoms with Gasteiger partial charge in [-0.2, -0.15) is 0 Å². The van der Waals surface area contributed by atoms with Gasteiger partial charge in [0.05, 0.1) is 0 Å². The van der Waals surface area contributed by atoms with Gasteiger partial charge in [-0.05, 0) is 20.3 Å². The van der Waals surface area contributed by atoms with Crippen molar-refractivity contribution in [2.45, 2.75) is 39.7 Å². The van der Waals surface area contributed by atoms with E-state index in [1.54, 1.807) is 13.8 Å². The van der Waals surface area contributed by atoms with Crippen LogP contribution in [0.1, 0.15) is 33.6 Å². The lowest BCUT2D eigenvalue weighted by Crippen LogP contribution is -2.47. The average Bonchev–Trinajstić information content (AvgIpc) is 2.32. The lowest BCUT2D eigenvalue weighted by molar-refractivity contribution is -0.138. The maximum absolute atomic E-state index is 11.7. The van der Waals surface area contributed by atoms with E-state index in [4.69, 9.17) is 5.11 Å². The van der Waals surface area contributed by atoms with Crippen molar-refractivity contribution in [2.75, 3.05) is 19.6 Å². The Balaban J connectivity index is 4.06. The summed E-state index contributed by atoms with van der Waals surface area (Å²) in [7, 11) is 0. The van der Waals surface area contributed by atoms with Crippen LogP contribution in [-0.4, -0.2) is 53.6 Å². The molecule has 0 saturated heterocycles. The van der Waals surface area contributed by atoms with Crippen molar-refractivity contribution in [1.82, 2.24) is 15.5 Å². The highest BCUT2D eigenvalue weighted by Crippen LogP contribution is 1.98. The molecule has 0 fully saturated rings. The molecular weight excluding hydrogens is 250 g/mol. The third-order valence-electron chi connectivity index (χ3n) is 2.39. The fourth-order valence-corrected chi connectivity index (χ4v) is 1.37. The van der Waals surface area contributed by atoms with Gasteiger partial charge in [0.15, 0.2) is 0 Å². The van der Waals surface area contributed by atoms with Gasteiger partial charge in [0.25, 0.3) is 0 Å². The maximum atomic E-state index is 11.7. The van der Waals surface area contributed by atoms with Gasteiger partial charge in [-0.3, -0.25) is 9.59 Å². The standard InChI is InChI=1S/C12H23N3O4/c1-4-6-13-10(16)5-7-14-12(19)15(9(2)3)8-11(17)18/h9H,4-8H2,1-3H3,(H,13,16)(H,14,19)(H,17,18). The second kappa shape index (κ2) is 9.18. The van der Waals surface area contributed by atoms with Crippen LogP contribution in [0, 0.1) is 0 Å². The molecule has 0 bridgehead atoms.